The maximum Gasteiger partial charge on any atom is 0.305 e. The number of halogens is 1. The lowest BCUT2D eigenvalue weighted by Crippen LogP contribution is -2.50. The molecule has 0 saturated carbocycles. The summed E-state index contributed by atoms with van der Waals surface area (Å²) in [7, 11) is 0. The van der Waals surface area contributed by atoms with E-state index in [1.54, 1.807) is 24.3 Å². The van der Waals surface area contributed by atoms with Crippen LogP contribution in [0.5, 0.6) is 0 Å². The number of aromatic nitrogens is 2. The van der Waals surface area contributed by atoms with Crippen molar-refractivity contribution in [2.24, 2.45) is 0 Å². The number of nitrogens with zero attached hydrogens (tertiary/aromatic N) is 2. The minimum absolute atomic E-state index is 0.146. The summed E-state index contributed by atoms with van der Waals surface area (Å²) in [5, 5.41) is 16.4. The largest absolute Gasteiger partial charge is 0.481 e. The van der Waals surface area contributed by atoms with Gasteiger partial charge >= 0.3 is 5.97 Å². The Hall–Kier alpha value is -2.45. The van der Waals surface area contributed by atoms with Gasteiger partial charge in [-0.15, -0.1) is 0 Å². The smallest absolute Gasteiger partial charge is 0.305 e. The number of carbonyl (C=O) groups is 2. The summed E-state index contributed by atoms with van der Waals surface area (Å²) in [4.78, 5) is 27.5. The number of carbonyl (C=O) groups excluding carboxylic acids is 1. The summed E-state index contributed by atoms with van der Waals surface area (Å²) in [5.41, 5.74) is -0.0150. The Morgan fingerprint density at radius 1 is 1.30 bits per heavy atom. The van der Waals surface area contributed by atoms with Gasteiger partial charge in [0.1, 0.15) is 0 Å². The molecule has 1 unspecified atom stereocenters. The van der Waals surface area contributed by atoms with E-state index >= 15 is 0 Å². The lowest BCUT2D eigenvalue weighted by Gasteiger charge is -2.26. The molecule has 1 atom stereocenters. The molecule has 3 rings (SSSR count). The quantitative estimate of drug-likeness (QED) is 0.707. The van der Waals surface area contributed by atoms with Crippen LogP contribution in [0.4, 0.5) is 0 Å². The van der Waals surface area contributed by atoms with E-state index in [-0.39, 0.29) is 25.4 Å². The van der Waals surface area contributed by atoms with Crippen LogP contribution in [-0.4, -0.2) is 45.9 Å². The molecular formula is C18H20ClN3O5. The fraction of sp³-hybridized carbons (Fsp3) is 0.444. The van der Waals surface area contributed by atoms with E-state index in [0.717, 1.165) is 5.56 Å². The van der Waals surface area contributed by atoms with Gasteiger partial charge in [-0.25, -0.2) is 0 Å². The maximum absolute atomic E-state index is 12.2. The van der Waals surface area contributed by atoms with Crippen molar-refractivity contribution in [1.29, 1.82) is 0 Å². The fourth-order valence-corrected chi connectivity index (χ4v) is 3.14. The van der Waals surface area contributed by atoms with Crippen LogP contribution in [0.1, 0.15) is 31.6 Å². The molecule has 27 heavy (non-hydrogen) atoms. The number of nitrogens with one attached hydrogen (secondary N) is 1. The molecule has 0 spiro atoms. The van der Waals surface area contributed by atoms with Gasteiger partial charge in [0.25, 0.3) is 0 Å². The zero-order chi connectivity index (χ0) is 19.3. The highest BCUT2D eigenvalue weighted by atomic mass is 35.5. The fourth-order valence-electron chi connectivity index (χ4n) is 3.01. The summed E-state index contributed by atoms with van der Waals surface area (Å²) >= 11 is 5.86. The van der Waals surface area contributed by atoms with Gasteiger partial charge in [-0.3, -0.25) is 9.59 Å². The first-order valence-corrected chi connectivity index (χ1v) is 9.03. The summed E-state index contributed by atoms with van der Waals surface area (Å²) in [6, 6.07) is 7.10. The second kappa shape index (κ2) is 8.49. The third-order valence-corrected chi connectivity index (χ3v) is 4.61. The standard InChI is InChI=1S/C18H20ClN3O5/c19-13-6-4-12(5-7-13)17-20-15(27-22-17)3-1-2-14(23)21-18(10-16(24)25)8-9-26-11-18/h4-7H,1-3,8-11H2,(H,21,23)(H,24,25). The van der Waals surface area contributed by atoms with Crippen molar-refractivity contribution in [3.63, 3.8) is 0 Å². The number of aliphatic carboxylic acids is 1. The Morgan fingerprint density at radius 2 is 2.07 bits per heavy atom. The SMILES string of the molecule is O=C(O)CC1(NC(=O)CCCc2nc(-c3ccc(Cl)cc3)no2)CCOC1. The van der Waals surface area contributed by atoms with E-state index in [9.17, 15) is 9.59 Å². The van der Waals surface area contributed by atoms with Gasteiger partial charge in [0, 0.05) is 30.0 Å². The number of carboxylic acids is 1. The first-order chi connectivity index (χ1) is 13.0. The van der Waals surface area contributed by atoms with Crippen LogP contribution >= 0.6 is 11.6 Å². The van der Waals surface area contributed by atoms with Crippen molar-refractivity contribution in [2.45, 2.75) is 37.6 Å². The molecule has 2 N–H and O–H groups in total. The van der Waals surface area contributed by atoms with Crippen LogP contribution in [0.2, 0.25) is 5.02 Å². The molecule has 0 aliphatic carbocycles. The highest BCUT2D eigenvalue weighted by Gasteiger charge is 2.38. The summed E-state index contributed by atoms with van der Waals surface area (Å²) < 4.78 is 10.5. The van der Waals surface area contributed by atoms with Gasteiger partial charge < -0.3 is 19.7 Å². The third-order valence-electron chi connectivity index (χ3n) is 4.36. The number of aryl methyl sites for hydroxylation is 1. The van der Waals surface area contributed by atoms with Gasteiger partial charge in [-0.2, -0.15) is 4.98 Å². The summed E-state index contributed by atoms with van der Waals surface area (Å²) in [6.45, 7) is 0.669. The highest BCUT2D eigenvalue weighted by Crippen LogP contribution is 2.23. The van der Waals surface area contributed by atoms with E-state index in [2.05, 4.69) is 15.5 Å². The Morgan fingerprint density at radius 3 is 2.74 bits per heavy atom. The molecule has 0 bridgehead atoms. The molecule has 1 amide bonds. The number of amides is 1. The second-order valence-corrected chi connectivity index (χ2v) is 7.01. The van der Waals surface area contributed by atoms with Gasteiger partial charge in [-0.1, -0.05) is 16.8 Å². The number of ether oxygens (including phenoxy) is 1. The van der Waals surface area contributed by atoms with E-state index in [1.165, 1.54) is 0 Å². The topological polar surface area (TPSA) is 115 Å². The van der Waals surface area contributed by atoms with Crippen molar-refractivity contribution in [3.05, 3.63) is 35.2 Å². The number of hydrogen-bond acceptors (Lipinski definition) is 6. The molecule has 2 aromatic rings. The molecule has 0 radical (unpaired) electrons. The minimum atomic E-state index is -0.957. The molecule has 1 fully saturated rings. The molecule has 1 saturated heterocycles. The predicted octanol–water partition coefficient (Wildman–Crippen LogP) is 2.46. The zero-order valence-electron chi connectivity index (χ0n) is 14.6. The van der Waals surface area contributed by atoms with Crippen molar-refractivity contribution in [1.82, 2.24) is 15.5 Å². The van der Waals surface area contributed by atoms with Gasteiger partial charge in [0.05, 0.1) is 18.6 Å². The molecule has 1 aliphatic rings. The van der Waals surface area contributed by atoms with Crippen molar-refractivity contribution >= 4 is 23.5 Å². The Bertz CT molecular complexity index is 800. The molecule has 1 aromatic carbocycles. The first kappa shape index (κ1) is 19.3. The Balaban J connectivity index is 1.49. The van der Waals surface area contributed by atoms with Crippen LogP contribution in [0.25, 0.3) is 11.4 Å². The summed E-state index contributed by atoms with van der Waals surface area (Å²) in [5.74, 6) is -0.257. The second-order valence-electron chi connectivity index (χ2n) is 6.57. The molecular weight excluding hydrogens is 374 g/mol. The molecule has 9 heteroatoms. The summed E-state index contributed by atoms with van der Waals surface area (Å²) in [6.07, 6.45) is 1.56. The van der Waals surface area contributed by atoms with Crippen molar-refractivity contribution < 1.29 is 24.0 Å². The van der Waals surface area contributed by atoms with Crippen LogP contribution in [-0.2, 0) is 20.7 Å². The Kier molecular flexibility index (Phi) is 6.08. The Labute approximate surface area is 160 Å². The van der Waals surface area contributed by atoms with Gasteiger partial charge in [0.2, 0.25) is 17.6 Å². The highest BCUT2D eigenvalue weighted by molar-refractivity contribution is 6.30. The molecule has 2 heterocycles. The lowest BCUT2D eigenvalue weighted by atomic mass is 9.94. The van der Waals surface area contributed by atoms with Crippen LogP contribution in [0, 0.1) is 0 Å². The molecule has 1 aromatic heterocycles. The predicted molar refractivity (Wildman–Crippen MR) is 96.2 cm³/mol. The average Bonchev–Trinajstić information content (AvgIpc) is 3.25. The third kappa shape index (κ3) is 5.27. The van der Waals surface area contributed by atoms with Gasteiger partial charge in [0.15, 0.2) is 0 Å². The maximum atomic E-state index is 12.2. The monoisotopic (exact) mass is 393 g/mol. The lowest BCUT2D eigenvalue weighted by molar-refractivity contribution is -0.139. The number of benzene rings is 1. The van der Waals surface area contributed by atoms with Crippen LogP contribution < -0.4 is 5.32 Å². The number of carboxylic acid groups (broad SMARTS) is 1. The van der Waals surface area contributed by atoms with Crippen molar-refractivity contribution in [2.75, 3.05) is 13.2 Å². The van der Waals surface area contributed by atoms with Crippen LogP contribution in [0.15, 0.2) is 28.8 Å². The molecule has 144 valence electrons. The van der Waals surface area contributed by atoms with E-state index < -0.39 is 11.5 Å². The van der Waals surface area contributed by atoms with E-state index in [0.29, 0.717) is 42.6 Å². The first-order valence-electron chi connectivity index (χ1n) is 8.65. The molecule has 1 aliphatic heterocycles. The average molecular weight is 394 g/mol. The normalized spacial score (nSPS) is 19.1. The molecule has 8 nitrogen and oxygen atoms in total. The number of hydrogen-bond donors (Lipinski definition) is 2. The van der Waals surface area contributed by atoms with Gasteiger partial charge in [-0.05, 0) is 37.1 Å². The van der Waals surface area contributed by atoms with Crippen molar-refractivity contribution in [3.8, 4) is 11.4 Å². The minimum Gasteiger partial charge on any atom is -0.481 e. The van der Waals surface area contributed by atoms with E-state index in [4.69, 9.17) is 26.0 Å². The van der Waals surface area contributed by atoms with E-state index in [1.807, 2.05) is 0 Å². The van der Waals surface area contributed by atoms with Crippen LogP contribution in [0.3, 0.4) is 0 Å². The zero-order valence-corrected chi connectivity index (χ0v) is 15.4. The number of rotatable bonds is 8.